The molecule has 0 bridgehead atoms. The standard InChI is InChI=1S/C17H19ClN2O3S/c1-13(14-6-4-3-5-7-14)20(24(2,22)23)12-17(21)19-16-10-8-15(18)9-11-16/h3-11,13H,12H2,1-2H3,(H,19,21). The topological polar surface area (TPSA) is 66.5 Å². The van der Waals surface area contributed by atoms with Crippen LogP contribution in [0.4, 0.5) is 5.69 Å². The van der Waals surface area contributed by atoms with Gasteiger partial charge in [0.1, 0.15) is 0 Å². The van der Waals surface area contributed by atoms with Gasteiger partial charge in [-0.3, -0.25) is 4.79 Å². The molecule has 0 heterocycles. The molecule has 1 unspecified atom stereocenters. The average molecular weight is 367 g/mol. The van der Waals surface area contributed by atoms with Crippen LogP contribution in [0.1, 0.15) is 18.5 Å². The summed E-state index contributed by atoms with van der Waals surface area (Å²) in [7, 11) is -3.55. The summed E-state index contributed by atoms with van der Waals surface area (Å²) >= 11 is 5.80. The van der Waals surface area contributed by atoms with Crippen LogP contribution in [0.5, 0.6) is 0 Å². The summed E-state index contributed by atoms with van der Waals surface area (Å²) in [6, 6.07) is 15.4. The predicted molar refractivity (Wildman–Crippen MR) is 96.5 cm³/mol. The predicted octanol–water partition coefficient (Wildman–Crippen LogP) is 3.30. The molecule has 5 nitrogen and oxygen atoms in total. The number of hydrogen-bond acceptors (Lipinski definition) is 3. The van der Waals surface area contributed by atoms with Crippen LogP contribution in [0.15, 0.2) is 54.6 Å². The highest BCUT2D eigenvalue weighted by atomic mass is 35.5. The maximum atomic E-state index is 12.2. The molecular weight excluding hydrogens is 348 g/mol. The molecule has 2 aromatic rings. The highest BCUT2D eigenvalue weighted by molar-refractivity contribution is 7.88. The summed E-state index contributed by atoms with van der Waals surface area (Å²) in [5.74, 6) is -0.412. The van der Waals surface area contributed by atoms with Crippen molar-refractivity contribution in [2.75, 3.05) is 18.1 Å². The Bertz CT molecular complexity index is 792. The summed E-state index contributed by atoms with van der Waals surface area (Å²) in [6.07, 6.45) is 1.10. The monoisotopic (exact) mass is 366 g/mol. The van der Waals surface area contributed by atoms with Crippen molar-refractivity contribution in [3.63, 3.8) is 0 Å². The molecule has 1 amide bonds. The van der Waals surface area contributed by atoms with Crippen LogP contribution in [0.3, 0.4) is 0 Å². The number of anilines is 1. The molecule has 7 heteroatoms. The number of sulfonamides is 1. The summed E-state index contributed by atoms with van der Waals surface area (Å²) in [4.78, 5) is 12.2. The van der Waals surface area contributed by atoms with E-state index >= 15 is 0 Å². The molecule has 0 aliphatic rings. The lowest BCUT2D eigenvalue weighted by Crippen LogP contribution is -2.39. The summed E-state index contributed by atoms with van der Waals surface area (Å²) in [6.45, 7) is 1.49. The number of amides is 1. The second-order valence-electron chi connectivity index (χ2n) is 5.45. The summed E-state index contributed by atoms with van der Waals surface area (Å²) in [5.41, 5.74) is 1.38. The molecule has 2 rings (SSSR count). The molecule has 0 saturated carbocycles. The zero-order chi connectivity index (χ0) is 17.7. The van der Waals surface area contributed by atoms with Gasteiger partial charge >= 0.3 is 0 Å². The maximum absolute atomic E-state index is 12.2. The number of carbonyl (C=O) groups is 1. The Hall–Kier alpha value is -1.89. The Morgan fingerprint density at radius 1 is 1.12 bits per heavy atom. The van der Waals surface area contributed by atoms with E-state index in [1.165, 1.54) is 4.31 Å². The van der Waals surface area contributed by atoms with E-state index in [0.717, 1.165) is 11.8 Å². The number of hydrogen-bond donors (Lipinski definition) is 1. The van der Waals surface area contributed by atoms with Gasteiger partial charge in [0.15, 0.2) is 0 Å². The highest BCUT2D eigenvalue weighted by Crippen LogP contribution is 2.22. The first-order chi connectivity index (χ1) is 11.3. The van der Waals surface area contributed by atoms with Gasteiger partial charge in [0.05, 0.1) is 12.8 Å². The molecule has 0 saturated heterocycles. The third-order valence-corrected chi connectivity index (χ3v) is 5.12. The fraction of sp³-hybridized carbons (Fsp3) is 0.235. The average Bonchev–Trinajstić information content (AvgIpc) is 2.54. The Morgan fingerprint density at radius 2 is 1.71 bits per heavy atom. The third kappa shape index (κ3) is 5.06. The lowest BCUT2D eigenvalue weighted by molar-refractivity contribution is -0.116. The number of benzene rings is 2. The van der Waals surface area contributed by atoms with Crippen LogP contribution in [0.25, 0.3) is 0 Å². The molecule has 0 aliphatic carbocycles. The fourth-order valence-corrected chi connectivity index (χ4v) is 3.49. The quantitative estimate of drug-likeness (QED) is 0.852. The molecule has 24 heavy (non-hydrogen) atoms. The van der Waals surface area contributed by atoms with Gasteiger partial charge in [0, 0.05) is 16.8 Å². The second kappa shape index (κ2) is 7.79. The van der Waals surface area contributed by atoms with Gasteiger partial charge in [-0.1, -0.05) is 41.9 Å². The Morgan fingerprint density at radius 3 is 2.25 bits per heavy atom. The molecule has 0 aromatic heterocycles. The molecule has 1 atom stereocenters. The van der Waals surface area contributed by atoms with Gasteiger partial charge in [-0.2, -0.15) is 4.31 Å². The van der Waals surface area contributed by atoms with Crippen LogP contribution < -0.4 is 5.32 Å². The first kappa shape index (κ1) is 18.4. The Labute approximate surface area is 147 Å². The number of rotatable bonds is 6. The first-order valence-electron chi connectivity index (χ1n) is 7.34. The van der Waals surface area contributed by atoms with E-state index in [1.54, 1.807) is 31.2 Å². The van der Waals surface area contributed by atoms with E-state index in [-0.39, 0.29) is 6.54 Å². The molecule has 2 aromatic carbocycles. The van der Waals surface area contributed by atoms with Gasteiger partial charge < -0.3 is 5.32 Å². The van der Waals surface area contributed by atoms with Gasteiger partial charge in [0.2, 0.25) is 15.9 Å². The van der Waals surface area contributed by atoms with E-state index in [4.69, 9.17) is 11.6 Å². The van der Waals surface area contributed by atoms with E-state index in [0.29, 0.717) is 10.7 Å². The number of halogens is 1. The minimum absolute atomic E-state index is 0.266. The van der Waals surface area contributed by atoms with Crippen molar-refractivity contribution < 1.29 is 13.2 Å². The lowest BCUT2D eigenvalue weighted by Gasteiger charge is -2.26. The Balaban J connectivity index is 2.14. The van der Waals surface area contributed by atoms with E-state index in [9.17, 15) is 13.2 Å². The summed E-state index contributed by atoms with van der Waals surface area (Å²) in [5, 5.41) is 3.23. The number of nitrogens with zero attached hydrogens (tertiary/aromatic N) is 1. The zero-order valence-electron chi connectivity index (χ0n) is 13.4. The summed E-state index contributed by atoms with van der Waals surface area (Å²) < 4.78 is 25.4. The van der Waals surface area contributed by atoms with Crippen LogP contribution >= 0.6 is 11.6 Å². The highest BCUT2D eigenvalue weighted by Gasteiger charge is 2.26. The maximum Gasteiger partial charge on any atom is 0.239 e. The largest absolute Gasteiger partial charge is 0.325 e. The molecule has 128 valence electrons. The first-order valence-corrected chi connectivity index (χ1v) is 9.57. The van der Waals surface area contributed by atoms with Crippen molar-refractivity contribution in [3.8, 4) is 0 Å². The van der Waals surface area contributed by atoms with Crippen LogP contribution in [0, 0.1) is 0 Å². The SMILES string of the molecule is CC(c1ccccc1)N(CC(=O)Nc1ccc(Cl)cc1)S(C)(=O)=O. The van der Waals surface area contributed by atoms with E-state index in [2.05, 4.69) is 5.32 Å². The minimum Gasteiger partial charge on any atom is -0.325 e. The number of carbonyl (C=O) groups excluding carboxylic acids is 1. The van der Waals surface area contributed by atoms with Crippen molar-refractivity contribution in [1.29, 1.82) is 0 Å². The molecule has 0 radical (unpaired) electrons. The van der Waals surface area contributed by atoms with Crippen LogP contribution in [0.2, 0.25) is 5.02 Å². The van der Waals surface area contributed by atoms with Crippen molar-refractivity contribution >= 4 is 33.2 Å². The second-order valence-corrected chi connectivity index (χ2v) is 7.82. The minimum atomic E-state index is -3.55. The van der Waals surface area contributed by atoms with Gasteiger partial charge in [-0.15, -0.1) is 0 Å². The molecule has 1 N–H and O–H groups in total. The van der Waals surface area contributed by atoms with E-state index < -0.39 is 22.0 Å². The molecule has 0 fully saturated rings. The Kier molecular flexibility index (Phi) is 5.99. The van der Waals surface area contributed by atoms with Gasteiger partial charge in [-0.05, 0) is 36.8 Å². The normalized spacial score (nSPS) is 12.8. The van der Waals surface area contributed by atoms with Crippen molar-refractivity contribution in [2.24, 2.45) is 0 Å². The molecule has 0 spiro atoms. The smallest absolute Gasteiger partial charge is 0.239 e. The fourth-order valence-electron chi connectivity index (χ4n) is 2.31. The lowest BCUT2D eigenvalue weighted by atomic mass is 10.1. The molecular formula is C17H19ClN2O3S. The van der Waals surface area contributed by atoms with Crippen molar-refractivity contribution in [1.82, 2.24) is 4.31 Å². The van der Waals surface area contributed by atoms with Crippen LogP contribution in [-0.2, 0) is 14.8 Å². The van der Waals surface area contributed by atoms with Gasteiger partial charge in [0.25, 0.3) is 0 Å². The van der Waals surface area contributed by atoms with Gasteiger partial charge in [-0.25, -0.2) is 8.42 Å². The van der Waals surface area contributed by atoms with E-state index in [1.807, 2.05) is 30.3 Å². The number of nitrogens with one attached hydrogen (secondary N) is 1. The van der Waals surface area contributed by atoms with Crippen LogP contribution in [-0.4, -0.2) is 31.4 Å². The van der Waals surface area contributed by atoms with Crippen molar-refractivity contribution in [2.45, 2.75) is 13.0 Å². The zero-order valence-corrected chi connectivity index (χ0v) is 15.0. The van der Waals surface area contributed by atoms with Crippen molar-refractivity contribution in [3.05, 3.63) is 65.2 Å². The third-order valence-electron chi connectivity index (χ3n) is 3.57. The molecule has 0 aliphatic heterocycles.